The molecule has 1 heterocycles. The summed E-state index contributed by atoms with van der Waals surface area (Å²) in [4.78, 5) is 0. The number of nitrogens with zero attached hydrogens (tertiary/aromatic N) is 2. The van der Waals surface area contributed by atoms with Crippen LogP contribution in [0.2, 0.25) is 0 Å². The van der Waals surface area contributed by atoms with Crippen molar-refractivity contribution >= 4 is 15.9 Å². The van der Waals surface area contributed by atoms with E-state index in [0.717, 1.165) is 41.0 Å². The lowest BCUT2D eigenvalue weighted by Crippen LogP contribution is -2.13. The Morgan fingerprint density at radius 1 is 1.30 bits per heavy atom. The summed E-state index contributed by atoms with van der Waals surface area (Å²) in [5.74, 6) is 1.52. The molecule has 0 aliphatic heterocycles. The molecular weight excluding hydrogens is 358 g/mol. The summed E-state index contributed by atoms with van der Waals surface area (Å²) < 4.78 is 14.0. The van der Waals surface area contributed by atoms with Crippen molar-refractivity contribution in [1.29, 1.82) is 0 Å². The van der Waals surface area contributed by atoms with Gasteiger partial charge in [0.15, 0.2) is 11.5 Å². The molecular formula is C17H24BrN3O2. The largest absolute Gasteiger partial charge is 0.493 e. The minimum atomic E-state index is 0.673. The first-order chi connectivity index (χ1) is 11.1. The number of aromatic nitrogens is 2. The van der Waals surface area contributed by atoms with Crippen LogP contribution in [-0.4, -0.2) is 23.5 Å². The fraction of sp³-hybridized carbons (Fsp3) is 0.471. The molecule has 0 saturated carbocycles. The van der Waals surface area contributed by atoms with E-state index in [-0.39, 0.29) is 0 Å². The van der Waals surface area contributed by atoms with Gasteiger partial charge < -0.3 is 14.8 Å². The number of rotatable bonds is 8. The zero-order valence-corrected chi connectivity index (χ0v) is 15.7. The van der Waals surface area contributed by atoms with Gasteiger partial charge in [-0.25, -0.2) is 0 Å². The van der Waals surface area contributed by atoms with Crippen LogP contribution in [0.4, 0.5) is 0 Å². The van der Waals surface area contributed by atoms with Gasteiger partial charge in [0.25, 0.3) is 0 Å². The summed E-state index contributed by atoms with van der Waals surface area (Å²) in [6, 6.07) is 4.08. The van der Waals surface area contributed by atoms with Crippen molar-refractivity contribution in [2.45, 2.75) is 33.4 Å². The molecule has 0 atom stereocenters. The highest BCUT2D eigenvalue weighted by Crippen LogP contribution is 2.36. The molecule has 0 aliphatic rings. The molecule has 1 aromatic heterocycles. The lowest BCUT2D eigenvalue weighted by atomic mass is 10.2. The number of aryl methyl sites for hydroxylation is 1. The number of halogens is 1. The third kappa shape index (κ3) is 4.48. The van der Waals surface area contributed by atoms with Gasteiger partial charge in [-0.15, -0.1) is 0 Å². The number of benzene rings is 1. The first kappa shape index (κ1) is 17.8. The first-order valence-corrected chi connectivity index (χ1v) is 8.53. The third-order valence-corrected chi connectivity index (χ3v) is 4.31. The normalized spacial score (nSPS) is 10.8. The van der Waals surface area contributed by atoms with E-state index in [4.69, 9.17) is 9.47 Å². The predicted octanol–water partition coefficient (Wildman–Crippen LogP) is 3.58. The maximum Gasteiger partial charge on any atom is 0.175 e. The van der Waals surface area contributed by atoms with Gasteiger partial charge in [-0.1, -0.05) is 6.92 Å². The monoisotopic (exact) mass is 381 g/mol. The maximum atomic E-state index is 5.75. The fourth-order valence-electron chi connectivity index (χ4n) is 2.28. The quantitative estimate of drug-likeness (QED) is 0.758. The van der Waals surface area contributed by atoms with Gasteiger partial charge in [0.1, 0.15) is 0 Å². The number of methoxy groups -OCH3 is 1. The van der Waals surface area contributed by atoms with Crippen LogP contribution in [0.25, 0.3) is 0 Å². The summed E-state index contributed by atoms with van der Waals surface area (Å²) in [6.45, 7) is 6.36. The van der Waals surface area contributed by atoms with Crippen molar-refractivity contribution in [2.75, 3.05) is 13.7 Å². The van der Waals surface area contributed by atoms with Crippen molar-refractivity contribution < 1.29 is 9.47 Å². The molecule has 0 bridgehead atoms. The Morgan fingerprint density at radius 3 is 2.70 bits per heavy atom. The summed E-state index contributed by atoms with van der Waals surface area (Å²) in [6.07, 6.45) is 2.86. The van der Waals surface area contributed by atoms with E-state index in [1.807, 2.05) is 24.0 Å². The summed E-state index contributed by atoms with van der Waals surface area (Å²) in [7, 11) is 3.62. The maximum absolute atomic E-state index is 5.75. The van der Waals surface area contributed by atoms with E-state index in [0.29, 0.717) is 6.61 Å². The SMILES string of the molecule is CCCOc1c(Br)cc(CNCc2cnn(C)c2C)cc1OC. The van der Waals surface area contributed by atoms with Gasteiger partial charge in [0.2, 0.25) is 0 Å². The van der Waals surface area contributed by atoms with Crippen LogP contribution >= 0.6 is 15.9 Å². The average Bonchev–Trinajstić information content (AvgIpc) is 2.85. The van der Waals surface area contributed by atoms with Crippen molar-refractivity contribution in [3.05, 3.63) is 39.6 Å². The molecule has 6 heteroatoms. The zero-order chi connectivity index (χ0) is 16.8. The average molecular weight is 382 g/mol. The van der Waals surface area contributed by atoms with E-state index in [2.05, 4.69) is 46.3 Å². The van der Waals surface area contributed by atoms with Crippen LogP contribution in [-0.2, 0) is 20.1 Å². The number of nitrogens with one attached hydrogen (secondary N) is 1. The van der Waals surface area contributed by atoms with Crippen molar-refractivity contribution in [1.82, 2.24) is 15.1 Å². The van der Waals surface area contributed by atoms with Crippen molar-refractivity contribution in [2.24, 2.45) is 7.05 Å². The predicted molar refractivity (Wildman–Crippen MR) is 95.0 cm³/mol. The molecule has 2 aromatic rings. The van der Waals surface area contributed by atoms with Crippen LogP contribution in [0.3, 0.4) is 0 Å². The van der Waals surface area contributed by atoms with Gasteiger partial charge in [0, 0.05) is 31.4 Å². The van der Waals surface area contributed by atoms with Gasteiger partial charge >= 0.3 is 0 Å². The Kier molecular flexibility index (Phi) is 6.47. The van der Waals surface area contributed by atoms with E-state index < -0.39 is 0 Å². The molecule has 1 aromatic carbocycles. The number of hydrogen-bond donors (Lipinski definition) is 1. The lowest BCUT2D eigenvalue weighted by molar-refractivity contribution is 0.292. The molecule has 0 saturated heterocycles. The van der Waals surface area contributed by atoms with E-state index >= 15 is 0 Å². The zero-order valence-electron chi connectivity index (χ0n) is 14.1. The molecule has 0 fully saturated rings. The molecule has 0 aliphatic carbocycles. The highest BCUT2D eigenvalue weighted by molar-refractivity contribution is 9.10. The highest BCUT2D eigenvalue weighted by Gasteiger charge is 2.11. The van der Waals surface area contributed by atoms with Crippen molar-refractivity contribution in [3.63, 3.8) is 0 Å². The fourth-order valence-corrected chi connectivity index (χ4v) is 2.88. The highest BCUT2D eigenvalue weighted by atomic mass is 79.9. The minimum Gasteiger partial charge on any atom is -0.493 e. The Hall–Kier alpha value is -1.53. The smallest absolute Gasteiger partial charge is 0.175 e. The third-order valence-electron chi connectivity index (χ3n) is 3.72. The second kappa shape index (κ2) is 8.36. The summed E-state index contributed by atoms with van der Waals surface area (Å²) in [5, 5.41) is 7.70. The topological polar surface area (TPSA) is 48.3 Å². The molecule has 2 rings (SSSR count). The number of ether oxygens (including phenoxy) is 2. The van der Waals surface area contributed by atoms with Gasteiger partial charge in [0.05, 0.1) is 24.4 Å². The molecule has 126 valence electrons. The summed E-state index contributed by atoms with van der Waals surface area (Å²) >= 11 is 3.57. The number of hydrogen-bond acceptors (Lipinski definition) is 4. The van der Waals surface area contributed by atoms with Crippen LogP contribution in [0.15, 0.2) is 22.8 Å². The molecule has 1 N–H and O–H groups in total. The molecule has 0 unspecified atom stereocenters. The van der Waals surface area contributed by atoms with Crippen LogP contribution in [0.5, 0.6) is 11.5 Å². The van der Waals surface area contributed by atoms with Gasteiger partial charge in [-0.05, 0) is 47.0 Å². The second-order valence-electron chi connectivity index (χ2n) is 5.44. The lowest BCUT2D eigenvalue weighted by Gasteiger charge is -2.14. The molecule has 23 heavy (non-hydrogen) atoms. The van der Waals surface area contributed by atoms with Crippen molar-refractivity contribution in [3.8, 4) is 11.5 Å². The van der Waals surface area contributed by atoms with E-state index in [1.165, 1.54) is 11.3 Å². The van der Waals surface area contributed by atoms with E-state index in [9.17, 15) is 0 Å². The van der Waals surface area contributed by atoms with Crippen LogP contribution in [0.1, 0.15) is 30.2 Å². The Labute approximate surface area is 146 Å². The molecule has 0 radical (unpaired) electrons. The standard InChI is InChI=1S/C17H24BrN3O2/c1-5-6-23-17-15(18)7-13(8-16(17)22-4)9-19-10-14-11-20-21(3)12(14)2/h7-8,11,19H,5-6,9-10H2,1-4H3. The molecule has 5 nitrogen and oxygen atoms in total. The Balaban J connectivity index is 2.02. The second-order valence-corrected chi connectivity index (χ2v) is 6.29. The van der Waals surface area contributed by atoms with Gasteiger partial charge in [-0.3, -0.25) is 4.68 Å². The summed E-state index contributed by atoms with van der Waals surface area (Å²) in [5.41, 5.74) is 3.53. The Morgan fingerprint density at radius 2 is 2.09 bits per heavy atom. The molecule has 0 spiro atoms. The first-order valence-electron chi connectivity index (χ1n) is 7.74. The van der Waals surface area contributed by atoms with Crippen LogP contribution < -0.4 is 14.8 Å². The van der Waals surface area contributed by atoms with Gasteiger partial charge in [-0.2, -0.15) is 5.10 Å². The van der Waals surface area contributed by atoms with Crippen LogP contribution in [0, 0.1) is 6.92 Å². The van der Waals surface area contributed by atoms with E-state index in [1.54, 1.807) is 7.11 Å². The minimum absolute atomic E-state index is 0.673. The molecule has 0 amide bonds. The Bertz CT molecular complexity index is 656.